The number of hydrogen-bond donors (Lipinski definition) is 0. The molecule has 0 saturated heterocycles. The summed E-state index contributed by atoms with van der Waals surface area (Å²) in [5.41, 5.74) is 8.56. The maximum atomic E-state index is 14.1. The van der Waals surface area contributed by atoms with Crippen LogP contribution in [0.15, 0.2) is 106 Å². The molecule has 59 heavy (non-hydrogen) atoms. The first-order chi connectivity index (χ1) is 27.4. The summed E-state index contributed by atoms with van der Waals surface area (Å²) in [5, 5.41) is 28.2. The summed E-state index contributed by atoms with van der Waals surface area (Å²) in [6.07, 6.45) is 13.3. The normalized spacial score (nSPS) is 16.1. The second-order valence-corrected chi connectivity index (χ2v) is 25.7. The van der Waals surface area contributed by atoms with Crippen molar-refractivity contribution in [3.8, 4) is 0 Å². The molecular formula is C53H69IN2O2Sn. The zero-order valence-electron chi connectivity index (χ0n) is 38.5. The Bertz CT molecular complexity index is 1930. The molecule has 5 rings (SSSR count). The molecule has 0 bridgehead atoms. The van der Waals surface area contributed by atoms with Gasteiger partial charge in [0.15, 0.2) is 0 Å². The van der Waals surface area contributed by atoms with E-state index in [1.165, 1.54) is 25.7 Å². The van der Waals surface area contributed by atoms with Crippen molar-refractivity contribution < 1.29 is 10.2 Å². The molecule has 3 aromatic rings. The van der Waals surface area contributed by atoms with Crippen LogP contribution in [0.5, 0.6) is 0 Å². The molecule has 0 spiro atoms. The van der Waals surface area contributed by atoms with Crippen molar-refractivity contribution in [3.63, 3.8) is 0 Å². The molecule has 0 saturated carbocycles. The van der Waals surface area contributed by atoms with E-state index in [1.807, 2.05) is 48.6 Å². The molecule has 0 fully saturated rings. The van der Waals surface area contributed by atoms with Gasteiger partial charge in [-0.1, -0.05) is 143 Å². The number of rotatable bonds is 11. The van der Waals surface area contributed by atoms with Gasteiger partial charge in [-0.25, -0.2) is 0 Å². The second kappa shape index (κ2) is 20.3. The van der Waals surface area contributed by atoms with E-state index in [2.05, 4.69) is 156 Å². The second-order valence-electron chi connectivity index (χ2n) is 20.2. The molecule has 0 atom stereocenters. The van der Waals surface area contributed by atoms with Crippen LogP contribution in [0.1, 0.15) is 167 Å². The third-order valence-corrected chi connectivity index (χ3v) is 15.6. The number of hydrogen-bond acceptors (Lipinski definition) is 4. The molecule has 0 N–H and O–H groups in total. The van der Waals surface area contributed by atoms with Gasteiger partial charge in [-0.2, -0.15) is 0 Å². The van der Waals surface area contributed by atoms with Crippen molar-refractivity contribution in [1.29, 1.82) is 0 Å². The molecule has 2 heterocycles. The average molecular weight is 1010 g/mol. The number of halogens is 1. The fourth-order valence-corrected chi connectivity index (χ4v) is 11.3. The third kappa shape index (κ3) is 13.5. The molecule has 0 amide bonds. The molecule has 0 aliphatic carbocycles. The zero-order valence-corrected chi connectivity index (χ0v) is 43.5. The minimum atomic E-state index is -0.354. The van der Waals surface area contributed by atoms with Gasteiger partial charge in [-0.15, -0.1) is 0 Å². The van der Waals surface area contributed by atoms with Gasteiger partial charge in [0.1, 0.15) is 0 Å². The van der Waals surface area contributed by atoms with Crippen LogP contribution in [0.3, 0.4) is 0 Å². The van der Waals surface area contributed by atoms with E-state index >= 15 is 0 Å². The zero-order chi connectivity index (χ0) is 43.9. The van der Waals surface area contributed by atoms with E-state index in [-0.39, 0.29) is 60.2 Å². The molecular weight excluding hydrogens is 942 g/mol. The third-order valence-electron chi connectivity index (χ3n) is 10.9. The molecule has 0 aromatic heterocycles. The van der Waals surface area contributed by atoms with Gasteiger partial charge in [0.2, 0.25) is 0 Å². The number of allylic oxidation sites excluding steroid dienone is 4. The van der Waals surface area contributed by atoms with Crippen molar-refractivity contribution in [1.82, 2.24) is 0 Å². The summed E-state index contributed by atoms with van der Waals surface area (Å²) in [4.78, 5) is 9.92. The number of unbranched alkanes of at least 4 members (excludes halogenated alkanes) is 2. The fraction of sp³-hybridized carbons (Fsp3) is 0.472. The predicted molar refractivity (Wildman–Crippen MR) is 262 cm³/mol. The standard InChI is InChI=1S/C45H53IN2O2.2C4H9.Sn/c1-42(2,3)30-21-28(22-31(25-30)43(4,5)6)40(49)37-19-17-35(47-37)39(27-13-15-34(46)16-14-27)36-18-20-38(48-36)41(50)29-23-32(44(7,8)9)26-33(24-29)45(10,11)12;2*1-3-4-2;/h13-26,39,49-50H,1-12H3;2*1,3-4H2,2H3;/q;;;+2/p-2/b40-37-,41-38-;;;. The number of nitrogens with zero attached hydrogens (tertiary/aromatic N) is 2. The van der Waals surface area contributed by atoms with Gasteiger partial charge in [0, 0.05) is 3.57 Å². The SMILES string of the molecule is CC(C)(C)c1cc(/C([O-])=C2\C=CC(C(C3=N/C(=C(\[O-])c4cc(C(C)(C)C)cc(C(C)(C)C)c4)C=C3)c3ccc(I)cc3)=N2)cc(C(C)(C)C)c1.CCC[CH2][Sn+2][CH2]CCC. The summed E-state index contributed by atoms with van der Waals surface area (Å²) in [6.45, 7) is 30.6. The summed E-state index contributed by atoms with van der Waals surface area (Å²) in [5.74, 6) is -0.560. The van der Waals surface area contributed by atoms with Gasteiger partial charge in [-0.05, 0) is 120 Å². The first kappa shape index (κ1) is 48.8. The van der Waals surface area contributed by atoms with Gasteiger partial charge >= 0.3 is 69.5 Å². The van der Waals surface area contributed by atoms with Crippen LogP contribution in [0.2, 0.25) is 8.87 Å². The van der Waals surface area contributed by atoms with E-state index in [4.69, 9.17) is 9.98 Å². The van der Waals surface area contributed by atoms with Gasteiger partial charge in [0.05, 0.1) is 28.7 Å². The van der Waals surface area contributed by atoms with E-state index in [0.29, 0.717) is 22.5 Å². The Kier molecular flexibility index (Phi) is 16.8. The topological polar surface area (TPSA) is 70.8 Å². The molecule has 3 aromatic carbocycles. The van der Waals surface area contributed by atoms with Crippen LogP contribution in [0, 0.1) is 3.57 Å². The van der Waals surface area contributed by atoms with Gasteiger partial charge in [-0.3, -0.25) is 9.98 Å². The van der Waals surface area contributed by atoms with Crippen LogP contribution in [0.25, 0.3) is 11.5 Å². The van der Waals surface area contributed by atoms with E-state index in [0.717, 1.165) is 42.8 Å². The van der Waals surface area contributed by atoms with Crippen molar-refractivity contribution in [2.75, 3.05) is 0 Å². The van der Waals surface area contributed by atoms with E-state index in [9.17, 15) is 10.2 Å². The van der Waals surface area contributed by atoms with Gasteiger partial charge in [0.25, 0.3) is 0 Å². The molecule has 0 radical (unpaired) electrons. The molecule has 2 aliphatic heterocycles. The molecule has 0 unspecified atom stereocenters. The van der Waals surface area contributed by atoms with Crippen LogP contribution < -0.4 is 10.2 Å². The summed E-state index contributed by atoms with van der Waals surface area (Å²) >= 11 is 2.45. The Hall–Kier alpha value is -2.91. The quantitative estimate of drug-likeness (QED) is 0.0831. The Morgan fingerprint density at radius 1 is 0.542 bits per heavy atom. The predicted octanol–water partition coefficient (Wildman–Crippen LogP) is 13.2. The van der Waals surface area contributed by atoms with Crippen LogP contribution in [0.4, 0.5) is 0 Å². The number of aliphatic imine (C=N–C) groups is 2. The van der Waals surface area contributed by atoms with Crippen LogP contribution in [-0.4, -0.2) is 32.6 Å². The first-order valence-electron chi connectivity index (χ1n) is 21.6. The van der Waals surface area contributed by atoms with Crippen LogP contribution in [-0.2, 0) is 21.7 Å². The average Bonchev–Trinajstić information content (AvgIpc) is 3.85. The Morgan fingerprint density at radius 2 is 0.881 bits per heavy atom. The van der Waals surface area contributed by atoms with Crippen molar-refractivity contribution >= 4 is 66.7 Å². The van der Waals surface area contributed by atoms with Crippen molar-refractivity contribution in [2.24, 2.45) is 9.98 Å². The minimum absolute atomic E-state index is 0.103. The Morgan fingerprint density at radius 3 is 1.19 bits per heavy atom. The first-order valence-corrected chi connectivity index (χ1v) is 26.7. The van der Waals surface area contributed by atoms with Crippen LogP contribution >= 0.6 is 22.6 Å². The molecule has 4 nitrogen and oxygen atoms in total. The maximum absolute atomic E-state index is 14.1. The fourth-order valence-electron chi connectivity index (χ4n) is 6.75. The molecule has 2 aliphatic rings. The summed E-state index contributed by atoms with van der Waals surface area (Å²) in [7, 11) is 0. The van der Waals surface area contributed by atoms with E-state index in [1.54, 1.807) is 8.87 Å². The Balaban J connectivity index is 0.000000764. The molecule has 314 valence electrons. The molecule has 6 heteroatoms. The van der Waals surface area contributed by atoms with Gasteiger partial charge < -0.3 is 10.2 Å². The summed E-state index contributed by atoms with van der Waals surface area (Å²) < 4.78 is 4.37. The number of benzene rings is 3. The van der Waals surface area contributed by atoms with Crippen molar-refractivity contribution in [3.05, 3.63) is 139 Å². The van der Waals surface area contributed by atoms with E-state index < -0.39 is 0 Å². The monoisotopic (exact) mass is 1010 g/mol. The summed E-state index contributed by atoms with van der Waals surface area (Å²) in [6, 6.07) is 20.8. The Labute approximate surface area is 382 Å². The van der Waals surface area contributed by atoms with Crippen molar-refractivity contribution in [2.45, 2.75) is 159 Å².